The third-order valence-corrected chi connectivity index (χ3v) is 3.98. The van der Waals surface area contributed by atoms with E-state index in [0.717, 1.165) is 11.1 Å². The minimum Gasteiger partial charge on any atom is -0.396 e. The van der Waals surface area contributed by atoms with Crippen molar-refractivity contribution in [2.45, 2.75) is 12.8 Å². The van der Waals surface area contributed by atoms with Gasteiger partial charge in [-0.1, -0.05) is 60.1 Å². The van der Waals surface area contributed by atoms with E-state index in [1.165, 1.54) is 0 Å². The van der Waals surface area contributed by atoms with Crippen LogP contribution in [0.25, 0.3) is 0 Å². The second-order valence-electron chi connectivity index (χ2n) is 5.25. The summed E-state index contributed by atoms with van der Waals surface area (Å²) < 4.78 is 0. The fraction of sp³-hybridized carbons (Fsp3) is 0.294. The third kappa shape index (κ3) is 3.60. The molecule has 20 heavy (non-hydrogen) atoms. The summed E-state index contributed by atoms with van der Waals surface area (Å²) in [6.07, 6.45) is 1.17. The lowest BCUT2D eigenvalue weighted by molar-refractivity contribution is 0.0548. The molecule has 0 saturated heterocycles. The molecule has 0 aromatic heterocycles. The highest BCUT2D eigenvalue weighted by atomic mass is 35.5. The van der Waals surface area contributed by atoms with Crippen LogP contribution in [-0.2, 0) is 12.8 Å². The Morgan fingerprint density at radius 3 is 2.00 bits per heavy atom. The maximum atomic E-state index is 9.79. The Kier molecular flexibility index (Phi) is 5.18. The summed E-state index contributed by atoms with van der Waals surface area (Å²) in [5.41, 5.74) is 1.46. The highest BCUT2D eigenvalue weighted by Gasteiger charge is 2.30. The van der Waals surface area contributed by atoms with Crippen LogP contribution in [0.1, 0.15) is 11.1 Å². The van der Waals surface area contributed by atoms with E-state index in [1.807, 2.05) is 54.6 Å². The molecule has 0 bridgehead atoms. The Hall–Kier alpha value is -1.35. The lowest BCUT2D eigenvalue weighted by Crippen LogP contribution is -2.35. The van der Waals surface area contributed by atoms with Gasteiger partial charge in [-0.3, -0.25) is 0 Å². The fourth-order valence-electron chi connectivity index (χ4n) is 2.41. The SMILES string of the molecule is OCC(CO)(Cc1ccccc1)Cc1ccccc1Cl. The van der Waals surface area contributed by atoms with E-state index in [-0.39, 0.29) is 13.2 Å². The van der Waals surface area contributed by atoms with Crippen molar-refractivity contribution in [2.24, 2.45) is 5.41 Å². The van der Waals surface area contributed by atoms with Gasteiger partial charge in [-0.25, -0.2) is 0 Å². The number of aliphatic hydroxyl groups is 2. The molecule has 0 radical (unpaired) electrons. The zero-order valence-electron chi connectivity index (χ0n) is 11.3. The summed E-state index contributed by atoms with van der Waals surface area (Å²) in [6, 6.07) is 17.5. The van der Waals surface area contributed by atoms with Gasteiger partial charge in [0.05, 0.1) is 13.2 Å². The number of hydrogen-bond donors (Lipinski definition) is 2. The molecule has 2 nitrogen and oxygen atoms in total. The van der Waals surface area contributed by atoms with Crippen molar-refractivity contribution in [3.8, 4) is 0 Å². The molecule has 0 heterocycles. The van der Waals surface area contributed by atoms with Crippen molar-refractivity contribution in [2.75, 3.05) is 13.2 Å². The lowest BCUT2D eigenvalue weighted by atomic mass is 9.78. The summed E-state index contributed by atoms with van der Waals surface area (Å²) in [5.74, 6) is 0. The normalized spacial score (nSPS) is 11.6. The van der Waals surface area contributed by atoms with E-state index in [0.29, 0.717) is 17.9 Å². The molecule has 2 N–H and O–H groups in total. The fourth-order valence-corrected chi connectivity index (χ4v) is 2.61. The quantitative estimate of drug-likeness (QED) is 0.858. The Bertz CT molecular complexity index is 536. The van der Waals surface area contributed by atoms with Gasteiger partial charge in [0.2, 0.25) is 0 Å². The first-order valence-corrected chi connectivity index (χ1v) is 7.06. The number of rotatable bonds is 6. The summed E-state index contributed by atoms with van der Waals surface area (Å²) in [6.45, 7) is -0.159. The first-order chi connectivity index (χ1) is 9.69. The molecule has 0 aliphatic heterocycles. The number of halogens is 1. The van der Waals surface area contributed by atoms with Crippen LogP contribution < -0.4 is 0 Å². The first kappa shape index (κ1) is 15.0. The van der Waals surface area contributed by atoms with Gasteiger partial charge in [-0.2, -0.15) is 0 Å². The molecule has 0 saturated carbocycles. The lowest BCUT2D eigenvalue weighted by Gasteiger charge is -2.30. The molecular formula is C17H19ClO2. The van der Waals surface area contributed by atoms with Crippen molar-refractivity contribution < 1.29 is 10.2 Å². The van der Waals surface area contributed by atoms with Crippen molar-refractivity contribution in [3.05, 3.63) is 70.7 Å². The van der Waals surface area contributed by atoms with E-state index in [9.17, 15) is 10.2 Å². The highest BCUT2D eigenvalue weighted by molar-refractivity contribution is 6.31. The van der Waals surface area contributed by atoms with Crippen molar-refractivity contribution in [1.29, 1.82) is 0 Å². The summed E-state index contributed by atoms with van der Waals surface area (Å²) in [7, 11) is 0. The van der Waals surface area contributed by atoms with Crippen LogP contribution in [0.5, 0.6) is 0 Å². The van der Waals surface area contributed by atoms with Gasteiger partial charge in [0.1, 0.15) is 0 Å². The van der Waals surface area contributed by atoms with E-state index in [1.54, 1.807) is 0 Å². The first-order valence-electron chi connectivity index (χ1n) is 6.68. The molecule has 0 aliphatic carbocycles. The molecule has 0 spiro atoms. The number of aliphatic hydroxyl groups excluding tert-OH is 2. The van der Waals surface area contributed by atoms with Gasteiger partial charge < -0.3 is 10.2 Å². The molecule has 106 valence electrons. The van der Waals surface area contributed by atoms with Gasteiger partial charge in [-0.15, -0.1) is 0 Å². The standard InChI is InChI=1S/C17H19ClO2/c18-16-9-5-4-8-15(16)11-17(12-19,13-20)10-14-6-2-1-3-7-14/h1-9,19-20H,10-13H2. The van der Waals surface area contributed by atoms with Crippen LogP contribution in [0.15, 0.2) is 54.6 Å². The second kappa shape index (κ2) is 6.89. The summed E-state index contributed by atoms with van der Waals surface area (Å²) >= 11 is 6.18. The molecular weight excluding hydrogens is 272 g/mol. The number of hydrogen-bond acceptors (Lipinski definition) is 2. The zero-order chi connectivity index (χ0) is 14.4. The largest absolute Gasteiger partial charge is 0.396 e. The van der Waals surface area contributed by atoms with E-state index in [2.05, 4.69) is 0 Å². The number of benzene rings is 2. The second-order valence-corrected chi connectivity index (χ2v) is 5.65. The van der Waals surface area contributed by atoms with Crippen molar-refractivity contribution in [1.82, 2.24) is 0 Å². The monoisotopic (exact) mass is 290 g/mol. The van der Waals surface area contributed by atoms with Gasteiger partial charge in [0.15, 0.2) is 0 Å². The third-order valence-electron chi connectivity index (χ3n) is 3.62. The van der Waals surface area contributed by atoms with Crippen LogP contribution in [0.4, 0.5) is 0 Å². The average Bonchev–Trinajstić information content (AvgIpc) is 2.50. The van der Waals surface area contributed by atoms with Gasteiger partial charge in [0, 0.05) is 10.4 Å². The molecule has 0 amide bonds. The molecule has 2 aromatic carbocycles. The Morgan fingerprint density at radius 1 is 0.800 bits per heavy atom. The highest BCUT2D eigenvalue weighted by Crippen LogP contribution is 2.30. The van der Waals surface area contributed by atoms with Gasteiger partial charge in [-0.05, 0) is 30.0 Å². The Labute approximate surface area is 124 Å². The molecule has 0 atom stereocenters. The zero-order valence-corrected chi connectivity index (χ0v) is 12.1. The van der Waals surface area contributed by atoms with E-state index in [4.69, 9.17) is 11.6 Å². The van der Waals surface area contributed by atoms with Crippen molar-refractivity contribution >= 4 is 11.6 Å². The molecule has 2 aromatic rings. The van der Waals surface area contributed by atoms with Crippen molar-refractivity contribution in [3.63, 3.8) is 0 Å². The van der Waals surface area contributed by atoms with E-state index >= 15 is 0 Å². The topological polar surface area (TPSA) is 40.5 Å². The maximum Gasteiger partial charge on any atom is 0.0515 e. The molecule has 0 unspecified atom stereocenters. The van der Waals surface area contributed by atoms with Gasteiger partial charge in [0.25, 0.3) is 0 Å². The van der Waals surface area contributed by atoms with Crippen LogP contribution in [0, 0.1) is 5.41 Å². The minimum atomic E-state index is -0.591. The predicted octanol–water partition coefficient (Wildman–Crippen LogP) is 3.10. The summed E-state index contributed by atoms with van der Waals surface area (Å²) in [5, 5.41) is 20.2. The smallest absolute Gasteiger partial charge is 0.0515 e. The predicted molar refractivity (Wildman–Crippen MR) is 81.9 cm³/mol. The maximum absolute atomic E-state index is 9.79. The average molecular weight is 291 g/mol. The van der Waals surface area contributed by atoms with Crippen LogP contribution in [0.3, 0.4) is 0 Å². The van der Waals surface area contributed by atoms with Gasteiger partial charge >= 0.3 is 0 Å². The Morgan fingerprint density at radius 2 is 1.40 bits per heavy atom. The van der Waals surface area contributed by atoms with Crippen LogP contribution in [-0.4, -0.2) is 23.4 Å². The van der Waals surface area contributed by atoms with Crippen LogP contribution >= 0.6 is 11.6 Å². The molecule has 0 aliphatic rings. The molecule has 0 fully saturated rings. The minimum absolute atomic E-state index is 0.0797. The molecule has 2 rings (SSSR count). The molecule has 3 heteroatoms. The summed E-state index contributed by atoms with van der Waals surface area (Å²) in [4.78, 5) is 0. The van der Waals surface area contributed by atoms with Crippen LogP contribution in [0.2, 0.25) is 5.02 Å². The Balaban J connectivity index is 2.23. The van der Waals surface area contributed by atoms with E-state index < -0.39 is 5.41 Å².